The number of nitrogens with zero attached hydrogens (tertiary/aromatic N) is 4. The van der Waals surface area contributed by atoms with Crippen LogP contribution >= 0.6 is 11.6 Å². The van der Waals surface area contributed by atoms with Crippen LogP contribution in [0.15, 0.2) is 12.4 Å². The number of aromatic nitrogens is 4. The van der Waals surface area contributed by atoms with Crippen molar-refractivity contribution in [1.82, 2.24) is 19.6 Å². The van der Waals surface area contributed by atoms with Gasteiger partial charge < -0.3 is 10.4 Å². The highest BCUT2D eigenvalue weighted by atomic mass is 35.5. The minimum Gasteiger partial charge on any atom is -0.396 e. The summed E-state index contributed by atoms with van der Waals surface area (Å²) in [5, 5.41) is 16.8. The van der Waals surface area contributed by atoms with Crippen molar-refractivity contribution in [3.05, 3.63) is 17.5 Å². The molecular weight excluding hydrogens is 242 g/mol. The van der Waals surface area contributed by atoms with Gasteiger partial charge in [0.25, 0.3) is 5.78 Å². The van der Waals surface area contributed by atoms with Crippen LogP contribution in [0.2, 0.25) is 5.15 Å². The van der Waals surface area contributed by atoms with Gasteiger partial charge in [-0.2, -0.15) is 19.6 Å². The van der Waals surface area contributed by atoms with E-state index in [1.165, 1.54) is 6.33 Å². The van der Waals surface area contributed by atoms with Crippen LogP contribution in [0.3, 0.4) is 0 Å². The highest BCUT2D eigenvalue weighted by molar-refractivity contribution is 6.29. The third-order valence-corrected chi connectivity index (χ3v) is 2.59. The number of halogens is 1. The second kappa shape index (κ2) is 4.46. The topological polar surface area (TPSA) is 75.3 Å². The average Bonchev–Trinajstić information content (AvgIpc) is 2.73. The Morgan fingerprint density at radius 2 is 2.29 bits per heavy atom. The van der Waals surface area contributed by atoms with Crippen LogP contribution < -0.4 is 5.32 Å². The number of hydrogen-bond acceptors (Lipinski definition) is 5. The van der Waals surface area contributed by atoms with Gasteiger partial charge in [0.1, 0.15) is 17.3 Å². The number of anilines is 1. The van der Waals surface area contributed by atoms with Gasteiger partial charge in [-0.15, -0.1) is 0 Å². The predicted molar refractivity (Wildman–Crippen MR) is 65.1 cm³/mol. The summed E-state index contributed by atoms with van der Waals surface area (Å²) in [6, 6.07) is 1.68. The molecule has 0 saturated carbocycles. The molecule has 17 heavy (non-hydrogen) atoms. The van der Waals surface area contributed by atoms with Gasteiger partial charge in [-0.1, -0.05) is 25.4 Å². The van der Waals surface area contributed by atoms with Crippen molar-refractivity contribution < 1.29 is 5.11 Å². The van der Waals surface area contributed by atoms with Crippen molar-refractivity contribution in [2.45, 2.75) is 13.8 Å². The van der Waals surface area contributed by atoms with E-state index in [1.54, 1.807) is 10.6 Å². The lowest BCUT2D eigenvalue weighted by atomic mass is 9.95. The van der Waals surface area contributed by atoms with Gasteiger partial charge in [-0.3, -0.25) is 0 Å². The van der Waals surface area contributed by atoms with E-state index in [2.05, 4.69) is 20.4 Å². The molecule has 0 aliphatic rings. The lowest BCUT2D eigenvalue weighted by Gasteiger charge is -2.22. The van der Waals surface area contributed by atoms with Gasteiger partial charge in [-0.05, 0) is 0 Å². The molecule has 6 nitrogen and oxygen atoms in total. The van der Waals surface area contributed by atoms with Gasteiger partial charge in [0.05, 0.1) is 0 Å². The van der Waals surface area contributed by atoms with Crippen molar-refractivity contribution in [3.8, 4) is 0 Å². The zero-order chi connectivity index (χ0) is 12.5. The molecule has 0 amide bonds. The molecule has 0 radical (unpaired) electrons. The summed E-state index contributed by atoms with van der Waals surface area (Å²) in [5.41, 5.74) is -0.220. The van der Waals surface area contributed by atoms with Crippen LogP contribution in [0.25, 0.3) is 5.78 Å². The first-order chi connectivity index (χ1) is 8.02. The Kier molecular flexibility index (Phi) is 3.17. The zero-order valence-corrected chi connectivity index (χ0v) is 10.4. The van der Waals surface area contributed by atoms with Gasteiger partial charge in [0.2, 0.25) is 0 Å². The molecule has 0 bridgehead atoms. The maximum absolute atomic E-state index is 9.19. The maximum Gasteiger partial charge on any atom is 0.255 e. The summed E-state index contributed by atoms with van der Waals surface area (Å²) < 4.78 is 1.57. The summed E-state index contributed by atoms with van der Waals surface area (Å²) in [4.78, 5) is 8.00. The third-order valence-electron chi connectivity index (χ3n) is 2.40. The summed E-state index contributed by atoms with van der Waals surface area (Å²) >= 11 is 5.88. The molecule has 0 unspecified atom stereocenters. The van der Waals surface area contributed by atoms with Crippen LogP contribution in [-0.2, 0) is 0 Å². The first-order valence-electron chi connectivity index (χ1n) is 5.23. The largest absolute Gasteiger partial charge is 0.396 e. The lowest BCUT2D eigenvalue weighted by Crippen LogP contribution is -2.27. The van der Waals surface area contributed by atoms with Crippen LogP contribution in [-0.4, -0.2) is 37.8 Å². The van der Waals surface area contributed by atoms with Gasteiger partial charge in [0, 0.05) is 24.6 Å². The normalized spacial score (nSPS) is 12.0. The Hall–Kier alpha value is -1.40. The molecule has 0 aliphatic heterocycles. The van der Waals surface area contributed by atoms with Crippen molar-refractivity contribution in [3.63, 3.8) is 0 Å². The fourth-order valence-electron chi connectivity index (χ4n) is 1.30. The molecule has 0 atom stereocenters. The molecule has 2 aromatic heterocycles. The van der Waals surface area contributed by atoms with E-state index >= 15 is 0 Å². The molecule has 7 heteroatoms. The zero-order valence-electron chi connectivity index (χ0n) is 9.68. The van der Waals surface area contributed by atoms with E-state index in [-0.39, 0.29) is 12.0 Å². The molecule has 92 valence electrons. The number of fused-ring (bicyclic) bond motifs is 1. The minimum atomic E-state index is -0.220. The molecular formula is C10H14ClN5O. The number of aliphatic hydroxyl groups excluding tert-OH is 1. The molecule has 2 heterocycles. The maximum atomic E-state index is 9.19. The molecule has 0 saturated heterocycles. The van der Waals surface area contributed by atoms with Gasteiger partial charge in [0.15, 0.2) is 0 Å². The lowest BCUT2D eigenvalue weighted by molar-refractivity contribution is 0.170. The monoisotopic (exact) mass is 255 g/mol. The smallest absolute Gasteiger partial charge is 0.255 e. The highest BCUT2D eigenvalue weighted by Crippen LogP contribution is 2.18. The van der Waals surface area contributed by atoms with E-state index in [0.29, 0.717) is 23.3 Å². The Balaban J connectivity index is 2.26. The minimum absolute atomic E-state index is 0.0965. The Bertz CT molecular complexity index is 524. The number of aliphatic hydroxyl groups is 1. The van der Waals surface area contributed by atoms with Gasteiger partial charge in [-0.25, -0.2) is 0 Å². The van der Waals surface area contributed by atoms with Crippen LogP contribution in [0.4, 0.5) is 5.82 Å². The standard InChI is InChI=1S/C10H14ClN5O/c1-10(2,5-17)4-12-8-3-7(11)15-9-13-6-14-16(8)9/h3,6,12,17H,4-5H2,1-2H3. The van der Waals surface area contributed by atoms with E-state index in [1.807, 2.05) is 13.8 Å². The fourth-order valence-corrected chi connectivity index (χ4v) is 1.47. The number of hydrogen-bond donors (Lipinski definition) is 2. The molecule has 0 aliphatic carbocycles. The van der Waals surface area contributed by atoms with E-state index in [4.69, 9.17) is 11.6 Å². The Morgan fingerprint density at radius 1 is 1.53 bits per heavy atom. The summed E-state index contributed by atoms with van der Waals surface area (Å²) in [6.07, 6.45) is 1.42. The first kappa shape index (κ1) is 12.1. The summed E-state index contributed by atoms with van der Waals surface area (Å²) in [5.74, 6) is 1.15. The molecule has 0 fully saturated rings. The molecule has 0 spiro atoms. The van der Waals surface area contributed by atoms with Crippen molar-refractivity contribution in [1.29, 1.82) is 0 Å². The van der Waals surface area contributed by atoms with Crippen molar-refractivity contribution >= 4 is 23.2 Å². The Labute approximate surface area is 104 Å². The summed E-state index contributed by atoms with van der Waals surface area (Å²) in [7, 11) is 0. The van der Waals surface area contributed by atoms with Crippen molar-refractivity contribution in [2.24, 2.45) is 5.41 Å². The third kappa shape index (κ3) is 2.65. The molecule has 2 rings (SSSR count). The van der Waals surface area contributed by atoms with Gasteiger partial charge >= 0.3 is 0 Å². The highest BCUT2D eigenvalue weighted by Gasteiger charge is 2.17. The average molecular weight is 256 g/mol. The second-order valence-electron chi connectivity index (χ2n) is 4.61. The first-order valence-corrected chi connectivity index (χ1v) is 5.61. The molecule has 0 aromatic carbocycles. The number of rotatable bonds is 4. The van der Waals surface area contributed by atoms with E-state index in [9.17, 15) is 5.11 Å². The fraction of sp³-hybridized carbons (Fsp3) is 0.500. The van der Waals surface area contributed by atoms with Crippen LogP contribution in [0, 0.1) is 5.41 Å². The number of nitrogens with one attached hydrogen (secondary N) is 1. The predicted octanol–water partition coefficient (Wildman–Crippen LogP) is 1.21. The molecule has 2 aromatic rings. The summed E-state index contributed by atoms with van der Waals surface area (Å²) in [6.45, 7) is 4.61. The second-order valence-corrected chi connectivity index (χ2v) is 5.00. The van der Waals surface area contributed by atoms with Crippen LogP contribution in [0.1, 0.15) is 13.8 Å². The molecule has 2 N–H and O–H groups in total. The van der Waals surface area contributed by atoms with E-state index < -0.39 is 0 Å². The van der Waals surface area contributed by atoms with Crippen molar-refractivity contribution in [2.75, 3.05) is 18.5 Å². The van der Waals surface area contributed by atoms with E-state index in [0.717, 1.165) is 0 Å². The van der Waals surface area contributed by atoms with Crippen LogP contribution in [0.5, 0.6) is 0 Å². The Morgan fingerprint density at radius 3 is 3.00 bits per heavy atom. The SMILES string of the molecule is CC(C)(CO)CNc1cc(Cl)nc2ncnn12. The quantitative estimate of drug-likeness (QED) is 0.803.